The van der Waals surface area contributed by atoms with Crippen molar-refractivity contribution in [3.63, 3.8) is 0 Å². The third kappa shape index (κ3) is 1.82. The summed E-state index contributed by atoms with van der Waals surface area (Å²) in [6, 6.07) is 0. The van der Waals surface area contributed by atoms with Gasteiger partial charge >= 0.3 is 0 Å². The molecule has 1 saturated carbocycles. The second-order valence-corrected chi connectivity index (χ2v) is 3.89. The van der Waals surface area contributed by atoms with Gasteiger partial charge in [0, 0.05) is 11.0 Å². The summed E-state index contributed by atoms with van der Waals surface area (Å²) in [5.41, 5.74) is 0.241. The van der Waals surface area contributed by atoms with Crippen molar-refractivity contribution >= 4 is 5.78 Å². The van der Waals surface area contributed by atoms with Gasteiger partial charge in [-0.15, -0.1) is 6.58 Å². The van der Waals surface area contributed by atoms with Crippen molar-refractivity contribution in [2.24, 2.45) is 5.41 Å². The molecule has 0 heterocycles. The second-order valence-electron chi connectivity index (χ2n) is 3.89. The fourth-order valence-corrected chi connectivity index (χ4v) is 1.92. The van der Waals surface area contributed by atoms with Crippen LogP contribution in [-0.4, -0.2) is 10.9 Å². The molecule has 13 heavy (non-hydrogen) atoms. The van der Waals surface area contributed by atoms with Crippen LogP contribution >= 0.6 is 0 Å². The smallest absolute Gasteiger partial charge is 0.168 e. The summed E-state index contributed by atoms with van der Waals surface area (Å²) < 4.78 is 0. The van der Waals surface area contributed by atoms with Gasteiger partial charge in [-0.25, -0.2) is 0 Å². The van der Waals surface area contributed by atoms with Crippen molar-refractivity contribution < 1.29 is 9.90 Å². The average molecular weight is 180 g/mol. The third-order valence-electron chi connectivity index (χ3n) is 2.77. The van der Waals surface area contributed by atoms with Crippen molar-refractivity contribution in [1.29, 1.82) is 0 Å². The van der Waals surface area contributed by atoms with Crippen molar-refractivity contribution in [3.05, 3.63) is 24.5 Å². The number of allylic oxidation sites excluding steroid dienone is 2. The molecule has 1 unspecified atom stereocenters. The molecule has 0 saturated heterocycles. The van der Waals surface area contributed by atoms with E-state index in [0.717, 1.165) is 19.1 Å². The van der Waals surface area contributed by atoms with Gasteiger partial charge < -0.3 is 5.11 Å². The Hall–Kier alpha value is -1.05. The summed E-state index contributed by atoms with van der Waals surface area (Å²) in [6.07, 6.45) is 6.02. The molecule has 2 heteroatoms. The lowest BCUT2D eigenvalue weighted by Gasteiger charge is -2.31. The zero-order valence-electron chi connectivity index (χ0n) is 8.05. The highest BCUT2D eigenvalue weighted by Gasteiger charge is 2.36. The van der Waals surface area contributed by atoms with Crippen LogP contribution in [0.3, 0.4) is 0 Å². The summed E-state index contributed by atoms with van der Waals surface area (Å²) >= 11 is 0. The molecule has 72 valence electrons. The molecule has 0 aliphatic heterocycles. The van der Waals surface area contributed by atoms with Crippen LogP contribution in [0.5, 0.6) is 0 Å². The topological polar surface area (TPSA) is 37.3 Å². The number of rotatable bonds is 2. The number of hydrogen-bond acceptors (Lipinski definition) is 2. The first-order chi connectivity index (χ1) is 6.14. The molecule has 1 aliphatic carbocycles. The van der Waals surface area contributed by atoms with Crippen molar-refractivity contribution in [2.45, 2.75) is 32.6 Å². The maximum Gasteiger partial charge on any atom is 0.168 e. The summed E-state index contributed by atoms with van der Waals surface area (Å²) in [6.45, 7) is 5.60. The van der Waals surface area contributed by atoms with E-state index in [4.69, 9.17) is 5.11 Å². The van der Waals surface area contributed by atoms with Crippen LogP contribution in [0.2, 0.25) is 0 Å². The molecule has 0 amide bonds. The molecule has 0 aromatic heterocycles. The average Bonchev–Trinajstić information content (AvgIpc) is 2.11. The molecule has 0 radical (unpaired) electrons. The fourth-order valence-electron chi connectivity index (χ4n) is 1.92. The SMILES string of the molecule is C=CCC1(C)CCC/C(=C\O)C1=O. The van der Waals surface area contributed by atoms with Crippen LogP contribution < -0.4 is 0 Å². The number of aliphatic hydroxyl groups is 1. The van der Waals surface area contributed by atoms with Crippen LogP contribution in [0.1, 0.15) is 32.6 Å². The molecule has 1 atom stereocenters. The number of ketones is 1. The second kappa shape index (κ2) is 3.77. The zero-order valence-corrected chi connectivity index (χ0v) is 8.05. The maximum absolute atomic E-state index is 11.8. The molecule has 2 nitrogen and oxygen atoms in total. The number of hydrogen-bond donors (Lipinski definition) is 1. The van der Waals surface area contributed by atoms with Gasteiger partial charge in [-0.2, -0.15) is 0 Å². The first-order valence-electron chi connectivity index (χ1n) is 4.63. The van der Waals surface area contributed by atoms with E-state index in [9.17, 15) is 4.79 Å². The van der Waals surface area contributed by atoms with E-state index in [0.29, 0.717) is 18.4 Å². The van der Waals surface area contributed by atoms with Gasteiger partial charge in [0.2, 0.25) is 0 Å². The van der Waals surface area contributed by atoms with Crippen LogP contribution in [0.25, 0.3) is 0 Å². The lowest BCUT2D eigenvalue weighted by Crippen LogP contribution is -2.32. The van der Waals surface area contributed by atoms with Gasteiger partial charge in [-0.3, -0.25) is 4.79 Å². The van der Waals surface area contributed by atoms with Crippen molar-refractivity contribution in [1.82, 2.24) is 0 Å². The molecular formula is C11H16O2. The lowest BCUT2D eigenvalue weighted by atomic mass is 9.70. The number of Topliss-reactive ketones (excluding diaryl/α,β-unsaturated/α-hetero) is 1. The number of carbonyl (C=O) groups excluding carboxylic acids is 1. The lowest BCUT2D eigenvalue weighted by molar-refractivity contribution is -0.125. The fraction of sp³-hybridized carbons (Fsp3) is 0.545. The van der Waals surface area contributed by atoms with Crippen LogP contribution in [0.15, 0.2) is 24.5 Å². The normalized spacial score (nSPS) is 32.1. The molecule has 1 rings (SSSR count). The highest BCUT2D eigenvalue weighted by molar-refractivity contribution is 6.00. The first-order valence-corrected chi connectivity index (χ1v) is 4.63. The van der Waals surface area contributed by atoms with Gasteiger partial charge in [0.1, 0.15) is 0 Å². The van der Waals surface area contributed by atoms with E-state index in [1.165, 1.54) is 0 Å². The summed E-state index contributed by atoms with van der Waals surface area (Å²) in [5, 5.41) is 8.85. The summed E-state index contributed by atoms with van der Waals surface area (Å²) in [4.78, 5) is 11.8. The standard InChI is InChI=1S/C11H16O2/c1-3-6-11(2)7-4-5-9(8-12)10(11)13/h3,8,12H,1,4-7H2,2H3/b9-8+. The maximum atomic E-state index is 11.8. The Morgan fingerprint density at radius 2 is 2.38 bits per heavy atom. The van der Waals surface area contributed by atoms with Crippen molar-refractivity contribution in [3.8, 4) is 0 Å². The molecule has 0 aromatic rings. The van der Waals surface area contributed by atoms with Gasteiger partial charge in [0.05, 0.1) is 6.26 Å². The molecule has 1 fully saturated rings. The Bertz CT molecular complexity index is 253. The minimum atomic E-state index is -0.325. The molecule has 1 aliphatic rings. The highest BCUT2D eigenvalue weighted by atomic mass is 16.2. The van der Waals surface area contributed by atoms with E-state index >= 15 is 0 Å². The van der Waals surface area contributed by atoms with Gasteiger partial charge in [0.15, 0.2) is 5.78 Å². The Balaban J connectivity index is 2.87. The van der Waals surface area contributed by atoms with Crippen LogP contribution in [0, 0.1) is 5.41 Å². The van der Waals surface area contributed by atoms with Gasteiger partial charge in [0.25, 0.3) is 0 Å². The number of carbonyl (C=O) groups is 1. The van der Waals surface area contributed by atoms with Gasteiger partial charge in [-0.05, 0) is 25.7 Å². The Morgan fingerprint density at radius 3 is 2.92 bits per heavy atom. The Morgan fingerprint density at radius 1 is 1.69 bits per heavy atom. The van der Waals surface area contributed by atoms with Crippen LogP contribution in [-0.2, 0) is 4.79 Å². The predicted molar refractivity (Wildman–Crippen MR) is 52.5 cm³/mol. The molecular weight excluding hydrogens is 164 g/mol. The minimum Gasteiger partial charge on any atom is -0.515 e. The van der Waals surface area contributed by atoms with E-state index in [1.54, 1.807) is 6.08 Å². The van der Waals surface area contributed by atoms with Crippen molar-refractivity contribution in [2.75, 3.05) is 0 Å². The minimum absolute atomic E-state index is 0.0844. The molecule has 1 N–H and O–H groups in total. The molecule has 0 bridgehead atoms. The summed E-state index contributed by atoms with van der Waals surface area (Å²) in [5.74, 6) is 0.0844. The first kappa shape index (κ1) is 10.0. The predicted octanol–water partition coefficient (Wildman–Crippen LogP) is 2.76. The monoisotopic (exact) mass is 180 g/mol. The quantitative estimate of drug-likeness (QED) is 0.403. The third-order valence-corrected chi connectivity index (χ3v) is 2.77. The number of aliphatic hydroxyl groups excluding tert-OH is 1. The van der Waals surface area contributed by atoms with E-state index in [2.05, 4.69) is 6.58 Å². The molecule has 0 spiro atoms. The van der Waals surface area contributed by atoms with E-state index < -0.39 is 0 Å². The van der Waals surface area contributed by atoms with E-state index in [1.807, 2.05) is 6.92 Å². The molecule has 0 aromatic carbocycles. The zero-order chi connectivity index (χ0) is 9.90. The van der Waals surface area contributed by atoms with Gasteiger partial charge in [-0.1, -0.05) is 13.0 Å². The van der Waals surface area contributed by atoms with Crippen LogP contribution in [0.4, 0.5) is 0 Å². The largest absolute Gasteiger partial charge is 0.515 e. The summed E-state index contributed by atoms with van der Waals surface area (Å²) in [7, 11) is 0. The van der Waals surface area contributed by atoms with E-state index in [-0.39, 0.29) is 11.2 Å². The highest BCUT2D eigenvalue weighted by Crippen LogP contribution is 2.38. The Kier molecular flexibility index (Phi) is 2.91. The Labute approximate surface area is 79.0 Å².